The Balaban J connectivity index is 2.00. The SMILES string of the molecule is NNc1nnc(SCC(=O)c2ccc(F)cc2)n1N. The molecule has 5 N–H and O–H groups in total. The number of carbonyl (C=O) groups excluding carboxylic acids is 1. The van der Waals surface area contributed by atoms with Gasteiger partial charge in [-0.2, -0.15) is 0 Å². The molecule has 2 rings (SSSR count). The average molecular weight is 282 g/mol. The third-order valence-electron chi connectivity index (χ3n) is 2.29. The van der Waals surface area contributed by atoms with Gasteiger partial charge in [-0.05, 0) is 24.3 Å². The van der Waals surface area contributed by atoms with Crippen LogP contribution in [-0.2, 0) is 0 Å². The Morgan fingerprint density at radius 3 is 2.63 bits per heavy atom. The highest BCUT2D eigenvalue weighted by Crippen LogP contribution is 2.17. The maximum Gasteiger partial charge on any atom is 0.258 e. The van der Waals surface area contributed by atoms with E-state index in [0.29, 0.717) is 10.7 Å². The summed E-state index contributed by atoms with van der Waals surface area (Å²) in [5.41, 5.74) is 2.69. The molecule has 0 radical (unpaired) electrons. The van der Waals surface area contributed by atoms with Crippen molar-refractivity contribution in [2.75, 3.05) is 17.0 Å². The van der Waals surface area contributed by atoms with Crippen LogP contribution in [0.25, 0.3) is 0 Å². The van der Waals surface area contributed by atoms with Gasteiger partial charge in [-0.25, -0.2) is 14.9 Å². The standard InChI is InChI=1S/C10H11FN6OS/c11-7-3-1-6(2-4-7)8(18)5-19-10-16-15-9(14-12)17(10)13/h1-4H,5,12-13H2,(H,14,15). The number of rotatable bonds is 5. The van der Waals surface area contributed by atoms with Gasteiger partial charge in [-0.1, -0.05) is 11.8 Å². The van der Waals surface area contributed by atoms with Crippen molar-refractivity contribution < 1.29 is 9.18 Å². The summed E-state index contributed by atoms with van der Waals surface area (Å²) in [7, 11) is 0. The van der Waals surface area contributed by atoms with E-state index in [-0.39, 0.29) is 23.3 Å². The highest BCUT2D eigenvalue weighted by atomic mass is 32.2. The third kappa shape index (κ3) is 3.01. The van der Waals surface area contributed by atoms with Crippen LogP contribution < -0.4 is 17.1 Å². The molecule has 19 heavy (non-hydrogen) atoms. The van der Waals surface area contributed by atoms with Crippen LogP contribution in [0.5, 0.6) is 0 Å². The van der Waals surface area contributed by atoms with E-state index in [0.717, 1.165) is 16.4 Å². The van der Waals surface area contributed by atoms with Crippen LogP contribution in [0.4, 0.5) is 10.3 Å². The van der Waals surface area contributed by atoms with Crippen molar-refractivity contribution in [2.45, 2.75) is 5.16 Å². The van der Waals surface area contributed by atoms with Gasteiger partial charge in [-0.3, -0.25) is 10.2 Å². The first-order chi connectivity index (χ1) is 9.11. The molecule has 1 heterocycles. The first kappa shape index (κ1) is 13.3. The van der Waals surface area contributed by atoms with Crippen LogP contribution in [0, 0.1) is 5.82 Å². The first-order valence-corrected chi connectivity index (χ1v) is 6.19. The molecule has 0 spiro atoms. The van der Waals surface area contributed by atoms with Crippen molar-refractivity contribution in [3.05, 3.63) is 35.6 Å². The lowest BCUT2D eigenvalue weighted by Crippen LogP contribution is -2.19. The lowest BCUT2D eigenvalue weighted by molar-refractivity contribution is 0.102. The van der Waals surface area contributed by atoms with E-state index in [1.807, 2.05) is 0 Å². The number of Topliss-reactive ketones (excluding diaryl/α,β-unsaturated/α-hetero) is 1. The predicted octanol–water partition coefficient (Wildman–Crippen LogP) is 0.392. The van der Waals surface area contributed by atoms with Gasteiger partial charge >= 0.3 is 0 Å². The zero-order chi connectivity index (χ0) is 13.8. The number of ketones is 1. The zero-order valence-corrected chi connectivity index (χ0v) is 10.5. The van der Waals surface area contributed by atoms with Crippen molar-refractivity contribution in [2.24, 2.45) is 5.84 Å². The highest BCUT2D eigenvalue weighted by molar-refractivity contribution is 7.99. The number of nitrogens with two attached hydrogens (primary N) is 2. The molecule has 0 aliphatic rings. The van der Waals surface area contributed by atoms with Crippen LogP contribution >= 0.6 is 11.8 Å². The fourth-order valence-corrected chi connectivity index (χ4v) is 2.07. The van der Waals surface area contributed by atoms with Crippen molar-refractivity contribution in [3.63, 3.8) is 0 Å². The molecule has 0 bridgehead atoms. The molecule has 0 atom stereocenters. The van der Waals surface area contributed by atoms with Gasteiger partial charge in [-0.15, -0.1) is 10.2 Å². The van der Waals surface area contributed by atoms with Crippen molar-refractivity contribution in [1.82, 2.24) is 14.9 Å². The van der Waals surface area contributed by atoms with Crippen LogP contribution in [0.1, 0.15) is 10.4 Å². The summed E-state index contributed by atoms with van der Waals surface area (Å²) in [5, 5.41) is 7.78. The number of hydrazine groups is 1. The monoisotopic (exact) mass is 282 g/mol. The van der Waals surface area contributed by atoms with Crippen LogP contribution in [0.15, 0.2) is 29.4 Å². The number of thioether (sulfide) groups is 1. The maximum absolute atomic E-state index is 12.7. The number of halogens is 1. The highest BCUT2D eigenvalue weighted by Gasteiger charge is 2.12. The number of hydrogen-bond donors (Lipinski definition) is 3. The number of aromatic nitrogens is 3. The van der Waals surface area contributed by atoms with Gasteiger partial charge < -0.3 is 5.84 Å². The van der Waals surface area contributed by atoms with Crippen LogP contribution in [0.3, 0.4) is 0 Å². The largest absolute Gasteiger partial charge is 0.334 e. The van der Waals surface area contributed by atoms with Crippen molar-refractivity contribution >= 4 is 23.5 Å². The Labute approximate surface area is 112 Å². The second-order valence-corrected chi connectivity index (χ2v) is 4.48. The summed E-state index contributed by atoms with van der Waals surface area (Å²) in [6.45, 7) is 0. The molecule has 1 aromatic heterocycles. The van der Waals surface area contributed by atoms with Crippen molar-refractivity contribution in [3.8, 4) is 0 Å². The zero-order valence-electron chi connectivity index (χ0n) is 9.71. The number of benzene rings is 1. The Morgan fingerprint density at radius 1 is 1.37 bits per heavy atom. The number of nitrogens with one attached hydrogen (secondary N) is 1. The molecule has 9 heteroatoms. The van der Waals surface area contributed by atoms with Crippen molar-refractivity contribution in [1.29, 1.82) is 0 Å². The van der Waals surface area contributed by atoms with Gasteiger partial charge in [0, 0.05) is 5.56 Å². The summed E-state index contributed by atoms with van der Waals surface area (Å²) in [6.07, 6.45) is 0. The van der Waals surface area contributed by atoms with Gasteiger partial charge in [0.15, 0.2) is 5.78 Å². The Bertz CT molecular complexity index is 584. The number of nitrogens with zero attached hydrogens (tertiary/aromatic N) is 3. The molecule has 7 nitrogen and oxygen atoms in total. The number of carbonyl (C=O) groups is 1. The summed E-state index contributed by atoms with van der Waals surface area (Å²) in [6, 6.07) is 5.33. The number of nitrogen functional groups attached to an aromatic ring is 2. The molecule has 1 aromatic carbocycles. The van der Waals surface area contributed by atoms with Gasteiger partial charge in [0.25, 0.3) is 5.95 Å². The molecular formula is C10H11FN6OS. The normalized spacial score (nSPS) is 10.4. The maximum atomic E-state index is 12.7. The summed E-state index contributed by atoms with van der Waals surface area (Å²) in [5.74, 6) is 10.6. The number of anilines is 1. The average Bonchev–Trinajstić information content (AvgIpc) is 2.77. The molecule has 0 saturated heterocycles. The lowest BCUT2D eigenvalue weighted by Gasteiger charge is -2.02. The van der Waals surface area contributed by atoms with Crippen LogP contribution in [-0.4, -0.2) is 26.4 Å². The minimum atomic E-state index is -0.385. The Kier molecular flexibility index (Phi) is 3.97. The molecule has 0 unspecified atom stereocenters. The van der Waals surface area contributed by atoms with E-state index >= 15 is 0 Å². The fourth-order valence-electron chi connectivity index (χ4n) is 1.32. The summed E-state index contributed by atoms with van der Waals surface area (Å²) in [4.78, 5) is 11.8. The second-order valence-electron chi connectivity index (χ2n) is 3.54. The summed E-state index contributed by atoms with van der Waals surface area (Å²) >= 11 is 1.12. The molecule has 0 amide bonds. The molecule has 100 valence electrons. The molecule has 0 aliphatic carbocycles. The topological polar surface area (TPSA) is 112 Å². The molecule has 0 fully saturated rings. The van der Waals surface area contributed by atoms with E-state index in [4.69, 9.17) is 11.7 Å². The minimum absolute atomic E-state index is 0.117. The van der Waals surface area contributed by atoms with Crippen LogP contribution in [0.2, 0.25) is 0 Å². The quantitative estimate of drug-likeness (QED) is 0.315. The summed E-state index contributed by atoms with van der Waals surface area (Å²) < 4.78 is 13.9. The molecule has 0 saturated carbocycles. The van der Waals surface area contributed by atoms with E-state index < -0.39 is 0 Å². The lowest BCUT2D eigenvalue weighted by atomic mass is 10.1. The molecular weight excluding hydrogens is 271 g/mol. The van der Waals surface area contributed by atoms with Gasteiger partial charge in [0.1, 0.15) is 5.82 Å². The smallest absolute Gasteiger partial charge is 0.258 e. The number of hydrogen-bond acceptors (Lipinski definition) is 7. The first-order valence-electron chi connectivity index (χ1n) is 5.20. The van der Waals surface area contributed by atoms with Gasteiger partial charge in [0.05, 0.1) is 5.75 Å². The fraction of sp³-hybridized carbons (Fsp3) is 0.100. The predicted molar refractivity (Wildman–Crippen MR) is 69.4 cm³/mol. The van der Waals surface area contributed by atoms with E-state index in [1.165, 1.54) is 24.3 Å². The molecule has 0 aliphatic heterocycles. The van der Waals surface area contributed by atoms with Gasteiger partial charge in [0.2, 0.25) is 5.16 Å². The Hall–Kier alpha value is -2.13. The van der Waals surface area contributed by atoms with E-state index in [1.54, 1.807) is 0 Å². The Morgan fingerprint density at radius 2 is 2.05 bits per heavy atom. The van der Waals surface area contributed by atoms with E-state index in [2.05, 4.69) is 15.6 Å². The molecule has 2 aromatic rings. The minimum Gasteiger partial charge on any atom is -0.334 e. The third-order valence-corrected chi connectivity index (χ3v) is 3.24. The van der Waals surface area contributed by atoms with E-state index in [9.17, 15) is 9.18 Å². The second kappa shape index (κ2) is 5.67.